The first-order chi connectivity index (χ1) is 11.8. The van der Waals surface area contributed by atoms with Crippen LogP contribution in [0.25, 0.3) is 11.5 Å². The summed E-state index contributed by atoms with van der Waals surface area (Å²) in [5.41, 5.74) is 0.937. The third-order valence-electron chi connectivity index (χ3n) is 3.37. The van der Waals surface area contributed by atoms with Crippen LogP contribution in [-0.2, 0) is 17.1 Å². The van der Waals surface area contributed by atoms with E-state index < -0.39 is 15.9 Å². The van der Waals surface area contributed by atoms with Gasteiger partial charge in [-0.25, -0.2) is 18.1 Å². The first-order valence-electron chi connectivity index (χ1n) is 7.05. The van der Waals surface area contributed by atoms with Crippen LogP contribution in [0, 0.1) is 6.92 Å². The van der Waals surface area contributed by atoms with Crippen LogP contribution in [0.4, 0.5) is 0 Å². The van der Waals surface area contributed by atoms with Crippen LogP contribution < -0.4 is 4.72 Å². The number of nitrogens with one attached hydrogen (secondary N) is 1. The monoisotopic (exact) mass is 396 g/mol. The van der Waals surface area contributed by atoms with E-state index in [9.17, 15) is 13.2 Å². The lowest BCUT2D eigenvalue weighted by molar-refractivity contribution is 0.0977. The molecule has 7 nitrogen and oxygen atoms in total. The van der Waals surface area contributed by atoms with Crippen molar-refractivity contribution in [3.8, 4) is 11.5 Å². The van der Waals surface area contributed by atoms with E-state index in [1.165, 1.54) is 6.20 Å². The Hall–Kier alpha value is -2.23. The van der Waals surface area contributed by atoms with E-state index in [-0.39, 0.29) is 9.90 Å². The molecule has 0 aliphatic carbocycles. The number of pyridine rings is 1. The zero-order valence-corrected chi connectivity index (χ0v) is 15.6. The molecule has 0 unspecified atom stereocenters. The van der Waals surface area contributed by atoms with Gasteiger partial charge in [-0.1, -0.05) is 11.6 Å². The molecule has 3 aromatic heterocycles. The Balaban J connectivity index is 1.91. The summed E-state index contributed by atoms with van der Waals surface area (Å²) in [4.78, 5) is 20.7. The van der Waals surface area contributed by atoms with Gasteiger partial charge < -0.3 is 4.57 Å². The number of imidazole rings is 1. The van der Waals surface area contributed by atoms with Crippen molar-refractivity contribution >= 4 is 38.9 Å². The quantitative estimate of drug-likeness (QED) is 0.731. The molecule has 1 amide bonds. The number of rotatable bonds is 4. The van der Waals surface area contributed by atoms with E-state index in [4.69, 9.17) is 11.6 Å². The van der Waals surface area contributed by atoms with E-state index in [0.29, 0.717) is 22.1 Å². The summed E-state index contributed by atoms with van der Waals surface area (Å²) in [7, 11) is -2.27. The molecular formula is C15H13ClN4O3S2. The largest absolute Gasteiger partial charge is 0.332 e. The van der Waals surface area contributed by atoms with Crippen LogP contribution in [-0.4, -0.2) is 28.9 Å². The molecule has 0 fully saturated rings. The number of aromatic nitrogens is 3. The van der Waals surface area contributed by atoms with Crippen molar-refractivity contribution in [1.29, 1.82) is 0 Å². The normalized spacial score (nSPS) is 11.5. The molecule has 0 aliphatic heterocycles. The van der Waals surface area contributed by atoms with Crippen LogP contribution in [0.3, 0.4) is 0 Å². The third kappa shape index (κ3) is 3.44. The average Bonchev–Trinajstić information content (AvgIpc) is 3.14. The highest BCUT2D eigenvalue weighted by atomic mass is 35.5. The van der Waals surface area contributed by atoms with Crippen molar-refractivity contribution in [2.75, 3.05) is 0 Å². The van der Waals surface area contributed by atoms with Gasteiger partial charge in [0.05, 0.1) is 5.02 Å². The van der Waals surface area contributed by atoms with Gasteiger partial charge in [0.2, 0.25) is 0 Å². The van der Waals surface area contributed by atoms with Crippen molar-refractivity contribution in [2.45, 2.75) is 11.1 Å². The molecule has 130 valence electrons. The summed E-state index contributed by atoms with van der Waals surface area (Å²) in [6.45, 7) is 1.66. The summed E-state index contributed by atoms with van der Waals surface area (Å²) in [6.07, 6.45) is 2.98. The van der Waals surface area contributed by atoms with E-state index in [1.807, 2.05) is 4.72 Å². The molecule has 0 bridgehead atoms. The molecule has 0 saturated carbocycles. The van der Waals surface area contributed by atoms with Gasteiger partial charge >= 0.3 is 0 Å². The Morgan fingerprint density at radius 1 is 1.36 bits per heavy atom. The van der Waals surface area contributed by atoms with Gasteiger partial charge in [0.15, 0.2) is 5.82 Å². The summed E-state index contributed by atoms with van der Waals surface area (Å²) in [5, 5.41) is 2.03. The lowest BCUT2D eigenvalue weighted by Crippen LogP contribution is -2.30. The van der Waals surface area contributed by atoms with Gasteiger partial charge in [0.25, 0.3) is 15.9 Å². The number of hydrogen-bond acceptors (Lipinski definition) is 6. The van der Waals surface area contributed by atoms with Crippen LogP contribution in [0.2, 0.25) is 5.02 Å². The summed E-state index contributed by atoms with van der Waals surface area (Å²) in [6, 6.07) is 5.01. The predicted octanol–water partition coefficient (Wildman–Crippen LogP) is 2.62. The molecule has 3 heterocycles. The molecule has 10 heteroatoms. The maximum atomic E-state index is 12.3. The Kier molecular flexibility index (Phi) is 4.63. The Morgan fingerprint density at radius 3 is 2.76 bits per heavy atom. The van der Waals surface area contributed by atoms with Crippen molar-refractivity contribution in [2.24, 2.45) is 7.05 Å². The number of thiophene rings is 1. The van der Waals surface area contributed by atoms with E-state index >= 15 is 0 Å². The third-order valence-corrected chi connectivity index (χ3v) is 6.69. The van der Waals surface area contributed by atoms with Gasteiger partial charge in [-0.05, 0) is 36.1 Å². The number of halogens is 1. The minimum atomic E-state index is -3.94. The van der Waals surface area contributed by atoms with E-state index in [2.05, 4.69) is 9.97 Å². The van der Waals surface area contributed by atoms with Gasteiger partial charge in [0, 0.05) is 19.4 Å². The average molecular weight is 397 g/mol. The van der Waals surface area contributed by atoms with Crippen molar-refractivity contribution < 1.29 is 13.2 Å². The fraction of sp³-hybridized carbons (Fsp3) is 0.133. The first-order valence-corrected chi connectivity index (χ1v) is 9.79. The summed E-state index contributed by atoms with van der Waals surface area (Å²) < 4.78 is 28.3. The number of carbonyl (C=O) groups is 1. The highest BCUT2D eigenvalue weighted by Gasteiger charge is 2.24. The number of aryl methyl sites for hydroxylation is 2. The molecule has 0 saturated heterocycles. The highest BCUT2D eigenvalue weighted by molar-refractivity contribution is 7.92. The number of amides is 1. The fourth-order valence-electron chi connectivity index (χ4n) is 2.20. The number of hydrogen-bond donors (Lipinski definition) is 1. The smallest absolute Gasteiger partial charge is 0.285 e. The van der Waals surface area contributed by atoms with Crippen LogP contribution >= 0.6 is 22.9 Å². The molecule has 1 N–H and O–H groups in total. The molecule has 0 radical (unpaired) electrons. The SMILES string of the molecule is Cc1ccsc1S(=O)(=O)NC(=O)c1cn(C)c(-c2ncccc2Cl)n1. The maximum absolute atomic E-state index is 12.3. The standard InChI is InChI=1S/C15H13ClN4O3S2/c1-9-5-7-24-15(9)25(22,23)19-14(21)11-8-20(2)13(18-11)12-10(16)4-3-6-17-12/h3-8H,1-2H3,(H,19,21). The van der Waals surface area contributed by atoms with Gasteiger partial charge in [-0.15, -0.1) is 11.3 Å². The Bertz CT molecular complexity index is 1060. The highest BCUT2D eigenvalue weighted by Crippen LogP contribution is 2.25. The van der Waals surface area contributed by atoms with Crippen molar-refractivity contribution in [3.05, 3.63) is 52.3 Å². The van der Waals surface area contributed by atoms with Gasteiger partial charge in [0.1, 0.15) is 15.6 Å². The summed E-state index contributed by atoms with van der Waals surface area (Å²) in [5.74, 6) is -0.456. The molecule has 0 aromatic carbocycles. The van der Waals surface area contributed by atoms with Crippen molar-refractivity contribution in [3.63, 3.8) is 0 Å². The topological polar surface area (TPSA) is 94.0 Å². The molecule has 0 atom stereocenters. The Labute approximate surface area is 153 Å². The number of carbonyl (C=O) groups excluding carboxylic acids is 1. The zero-order valence-electron chi connectivity index (χ0n) is 13.2. The second-order valence-corrected chi connectivity index (χ2v) is 8.42. The number of sulfonamides is 1. The fourth-order valence-corrected chi connectivity index (χ4v) is 4.79. The second-order valence-electron chi connectivity index (χ2n) is 5.22. The van der Waals surface area contributed by atoms with Crippen LogP contribution in [0.5, 0.6) is 0 Å². The maximum Gasteiger partial charge on any atom is 0.285 e. The predicted molar refractivity (Wildman–Crippen MR) is 95.2 cm³/mol. The molecular weight excluding hydrogens is 384 g/mol. The minimum absolute atomic E-state index is 0.0444. The summed E-state index contributed by atoms with van der Waals surface area (Å²) >= 11 is 7.15. The van der Waals surface area contributed by atoms with E-state index in [1.54, 1.807) is 48.3 Å². The first kappa shape index (κ1) is 17.6. The molecule has 3 aromatic rings. The molecule has 0 spiro atoms. The van der Waals surface area contributed by atoms with Gasteiger partial charge in [-0.2, -0.15) is 0 Å². The van der Waals surface area contributed by atoms with Crippen LogP contribution in [0.1, 0.15) is 16.1 Å². The Morgan fingerprint density at radius 2 is 2.12 bits per heavy atom. The minimum Gasteiger partial charge on any atom is -0.332 e. The lowest BCUT2D eigenvalue weighted by atomic mass is 10.3. The second kappa shape index (κ2) is 6.58. The zero-order chi connectivity index (χ0) is 18.2. The molecule has 25 heavy (non-hydrogen) atoms. The lowest BCUT2D eigenvalue weighted by Gasteiger charge is -2.04. The van der Waals surface area contributed by atoms with Crippen molar-refractivity contribution in [1.82, 2.24) is 19.3 Å². The van der Waals surface area contributed by atoms with E-state index in [0.717, 1.165) is 11.3 Å². The van der Waals surface area contributed by atoms with Crippen LogP contribution in [0.15, 0.2) is 40.2 Å². The van der Waals surface area contributed by atoms with Gasteiger partial charge in [-0.3, -0.25) is 9.78 Å². The molecule has 3 rings (SSSR count). The number of nitrogens with zero attached hydrogens (tertiary/aromatic N) is 3. The molecule has 0 aliphatic rings.